The van der Waals surface area contributed by atoms with Gasteiger partial charge >= 0.3 is 18.4 Å². The van der Waals surface area contributed by atoms with Crippen molar-refractivity contribution in [3.8, 4) is 0 Å². The number of nitrogens with zero attached hydrogens (tertiary/aromatic N) is 2. The smallest absolute Gasteiger partial charge is 0.426 e. The minimum Gasteiger partial charge on any atom is -0.435 e. The molecule has 0 spiro atoms. The van der Waals surface area contributed by atoms with Gasteiger partial charge in [0, 0.05) is 19.3 Å². The summed E-state index contributed by atoms with van der Waals surface area (Å²) in [5.41, 5.74) is -0.397. The number of piperidine rings is 1. The van der Waals surface area contributed by atoms with Gasteiger partial charge in [0.05, 0.1) is 10.6 Å². The van der Waals surface area contributed by atoms with E-state index in [0.717, 1.165) is 12.1 Å². The van der Waals surface area contributed by atoms with Crippen molar-refractivity contribution in [2.75, 3.05) is 25.0 Å². The zero-order valence-corrected chi connectivity index (χ0v) is 17.8. The Morgan fingerprint density at radius 1 is 1.21 bits per heavy atom. The molecule has 3 rings (SSSR count). The van der Waals surface area contributed by atoms with Gasteiger partial charge < -0.3 is 4.74 Å². The Morgan fingerprint density at radius 2 is 1.97 bits per heavy atom. The highest BCUT2D eigenvalue weighted by molar-refractivity contribution is 6.30. The second-order valence-electron chi connectivity index (χ2n) is 7.64. The number of hydrogen-bond donors (Lipinski definition) is 1. The monoisotopic (exact) mass is 495 g/mol. The summed E-state index contributed by atoms with van der Waals surface area (Å²) in [5.74, 6) is -0.407. The van der Waals surface area contributed by atoms with E-state index in [0.29, 0.717) is 24.9 Å². The summed E-state index contributed by atoms with van der Waals surface area (Å²) >= 11 is 5.67. The molecule has 5 nitrogen and oxygen atoms in total. The molecule has 0 aliphatic carbocycles. The number of alkyl halides is 6. The van der Waals surface area contributed by atoms with Crippen LogP contribution in [0, 0.1) is 0 Å². The molecule has 2 aromatic rings. The van der Waals surface area contributed by atoms with E-state index in [-0.39, 0.29) is 23.3 Å². The quantitative estimate of drug-likeness (QED) is 0.508. The fourth-order valence-electron chi connectivity index (χ4n) is 3.62. The fourth-order valence-corrected chi connectivity index (χ4v) is 3.73. The molecule has 0 radical (unpaired) electrons. The molecule has 1 aliphatic rings. The molecule has 0 bridgehead atoms. The number of halogens is 7. The first-order chi connectivity index (χ1) is 15.4. The highest BCUT2D eigenvalue weighted by Crippen LogP contribution is 2.34. The van der Waals surface area contributed by atoms with Crippen molar-refractivity contribution >= 4 is 23.5 Å². The third-order valence-electron chi connectivity index (χ3n) is 5.19. The Morgan fingerprint density at radius 3 is 2.61 bits per heavy atom. The van der Waals surface area contributed by atoms with Crippen LogP contribution in [0.1, 0.15) is 29.9 Å². The maximum atomic E-state index is 13.5. The molecule has 12 heteroatoms. The number of carbonyl (C=O) groups is 1. The van der Waals surface area contributed by atoms with Crippen LogP contribution >= 0.6 is 11.6 Å². The predicted octanol–water partition coefficient (Wildman–Crippen LogP) is 6.11. The van der Waals surface area contributed by atoms with Crippen molar-refractivity contribution in [1.29, 1.82) is 0 Å². The van der Waals surface area contributed by atoms with Gasteiger partial charge in [0.2, 0.25) is 6.10 Å². The van der Waals surface area contributed by atoms with Crippen molar-refractivity contribution < 1.29 is 35.9 Å². The van der Waals surface area contributed by atoms with Crippen molar-refractivity contribution in [2.24, 2.45) is 0 Å². The predicted molar refractivity (Wildman–Crippen MR) is 109 cm³/mol. The molecule has 0 unspecified atom stereocenters. The summed E-state index contributed by atoms with van der Waals surface area (Å²) < 4.78 is 84.3. The first-order valence-corrected chi connectivity index (χ1v) is 10.3. The van der Waals surface area contributed by atoms with Crippen molar-refractivity contribution in [3.05, 3.63) is 58.7 Å². The largest absolute Gasteiger partial charge is 0.435 e. The third kappa shape index (κ3) is 7.23. The minimum absolute atomic E-state index is 0.0343. The van der Waals surface area contributed by atoms with E-state index in [9.17, 15) is 31.1 Å². The average molecular weight is 496 g/mol. The lowest BCUT2D eigenvalue weighted by molar-refractivity contribution is -0.207. The van der Waals surface area contributed by atoms with Crippen molar-refractivity contribution in [3.63, 3.8) is 0 Å². The number of carbonyl (C=O) groups excluding carboxylic acids is 1. The molecule has 2 atom stereocenters. The van der Waals surface area contributed by atoms with E-state index < -0.39 is 36.7 Å². The highest BCUT2D eigenvalue weighted by atomic mass is 35.5. The maximum absolute atomic E-state index is 13.5. The number of nitrogens with one attached hydrogen (secondary N) is 1. The molecule has 1 N–H and O–H groups in total. The van der Waals surface area contributed by atoms with Crippen LogP contribution in [0.3, 0.4) is 0 Å². The van der Waals surface area contributed by atoms with Crippen LogP contribution < -0.4 is 5.32 Å². The Hall–Kier alpha value is -2.53. The van der Waals surface area contributed by atoms with Gasteiger partial charge in [0.25, 0.3) is 0 Å². The number of benzene rings is 1. The summed E-state index contributed by atoms with van der Waals surface area (Å²) in [4.78, 5) is 17.2. The maximum Gasteiger partial charge on any atom is 0.426 e. The second-order valence-corrected chi connectivity index (χ2v) is 8.08. The highest BCUT2D eigenvalue weighted by Gasteiger charge is 2.44. The summed E-state index contributed by atoms with van der Waals surface area (Å²) in [6.45, 7) is -0.232. The zero-order valence-electron chi connectivity index (χ0n) is 17.1. The van der Waals surface area contributed by atoms with Crippen LogP contribution in [0.15, 0.2) is 42.6 Å². The molecule has 1 aromatic heterocycles. The Labute approximate surface area is 190 Å². The molecule has 1 saturated heterocycles. The number of hydrogen-bond acceptors (Lipinski definition) is 4. The number of aromatic nitrogens is 1. The number of amides is 1. The molecular formula is C21H20ClF6N3O2. The van der Waals surface area contributed by atoms with Gasteiger partial charge in [-0.15, -0.1) is 0 Å². The normalized spacial score (nSPS) is 18.6. The second kappa shape index (κ2) is 10.2. The summed E-state index contributed by atoms with van der Waals surface area (Å²) in [6.07, 6.45) is -10.9. The third-order valence-corrected chi connectivity index (χ3v) is 5.41. The molecule has 0 saturated carbocycles. The lowest BCUT2D eigenvalue weighted by atomic mass is 9.89. The van der Waals surface area contributed by atoms with E-state index in [1.165, 1.54) is 35.4 Å². The number of likely N-dealkylation sites (tertiary alicyclic amines) is 1. The van der Waals surface area contributed by atoms with Crippen molar-refractivity contribution in [2.45, 2.75) is 37.2 Å². The molecular weight excluding hydrogens is 476 g/mol. The van der Waals surface area contributed by atoms with Gasteiger partial charge in [-0.2, -0.15) is 26.3 Å². The molecule has 33 heavy (non-hydrogen) atoms. The molecule has 1 amide bonds. The number of ether oxygens (including phenoxy) is 1. The topological polar surface area (TPSA) is 54.5 Å². The number of rotatable bonds is 5. The Kier molecular flexibility index (Phi) is 7.73. The van der Waals surface area contributed by atoms with Gasteiger partial charge in [0.15, 0.2) is 0 Å². The fraction of sp³-hybridized carbons (Fsp3) is 0.429. The van der Waals surface area contributed by atoms with Gasteiger partial charge in [-0.3, -0.25) is 10.2 Å². The van der Waals surface area contributed by atoms with Crippen LogP contribution in [0.2, 0.25) is 5.02 Å². The summed E-state index contributed by atoms with van der Waals surface area (Å²) in [7, 11) is 0. The van der Waals surface area contributed by atoms with Gasteiger partial charge in [-0.1, -0.05) is 29.8 Å². The van der Waals surface area contributed by atoms with Crippen LogP contribution in [0.25, 0.3) is 0 Å². The molecule has 1 aromatic carbocycles. The van der Waals surface area contributed by atoms with Crippen LogP contribution in [-0.4, -0.2) is 47.9 Å². The molecule has 2 heterocycles. The molecule has 180 valence electrons. The minimum atomic E-state index is -4.84. The van der Waals surface area contributed by atoms with Gasteiger partial charge in [-0.25, -0.2) is 9.78 Å². The van der Waals surface area contributed by atoms with E-state index in [1.807, 2.05) is 0 Å². The van der Waals surface area contributed by atoms with Crippen LogP contribution in [-0.2, 0) is 10.9 Å². The Bertz CT molecular complexity index is 952. The van der Waals surface area contributed by atoms with E-state index in [2.05, 4.69) is 15.0 Å². The van der Waals surface area contributed by atoms with E-state index in [4.69, 9.17) is 11.6 Å². The van der Waals surface area contributed by atoms with Crippen molar-refractivity contribution in [1.82, 2.24) is 9.88 Å². The van der Waals surface area contributed by atoms with E-state index in [1.54, 1.807) is 0 Å². The van der Waals surface area contributed by atoms with Crippen LogP contribution in [0.4, 0.5) is 37.0 Å². The SMILES string of the molecule is O=C(Nc1ccc(Cl)cn1)O[C@@H](CN1CCC[C@H](c2cccc(C(F)(F)F)c2)C1)C(F)(F)F. The molecule has 1 fully saturated rings. The number of pyridine rings is 1. The zero-order chi connectivity index (χ0) is 24.2. The average Bonchev–Trinajstić information content (AvgIpc) is 2.74. The lowest BCUT2D eigenvalue weighted by Crippen LogP contribution is -2.47. The first-order valence-electron chi connectivity index (χ1n) is 9.97. The Balaban J connectivity index is 1.65. The summed E-state index contributed by atoms with van der Waals surface area (Å²) in [5, 5.41) is 2.39. The summed E-state index contributed by atoms with van der Waals surface area (Å²) in [6, 6.07) is 7.50. The standard InChI is InChI=1S/C21H20ClF6N3O2/c22-16-6-7-18(29-10-16)30-19(32)33-17(21(26,27)28)12-31-8-2-4-14(11-31)13-3-1-5-15(9-13)20(23,24)25/h1,3,5-7,9-10,14,17H,2,4,8,11-12H2,(H,29,30,32)/t14-,17-/m0/s1. The number of anilines is 1. The van der Waals surface area contributed by atoms with Gasteiger partial charge in [-0.05, 0) is 49.1 Å². The lowest BCUT2D eigenvalue weighted by Gasteiger charge is -2.35. The van der Waals surface area contributed by atoms with Crippen LogP contribution in [0.5, 0.6) is 0 Å². The van der Waals surface area contributed by atoms with Gasteiger partial charge in [0.1, 0.15) is 5.82 Å². The first kappa shape index (κ1) is 25.1. The van der Waals surface area contributed by atoms with E-state index >= 15 is 0 Å². The molecule has 1 aliphatic heterocycles.